The number of rotatable bonds is 8. The van der Waals surface area contributed by atoms with E-state index in [-0.39, 0.29) is 25.9 Å². The van der Waals surface area contributed by atoms with Crippen molar-refractivity contribution in [3.63, 3.8) is 0 Å². The summed E-state index contributed by atoms with van der Waals surface area (Å²) in [4.78, 5) is 26.6. The fourth-order valence-electron chi connectivity index (χ4n) is 1.12. The Labute approximate surface area is 116 Å². The summed E-state index contributed by atoms with van der Waals surface area (Å²) in [5, 5.41) is 25.9. The quantitative estimate of drug-likeness (QED) is 0.376. The summed E-state index contributed by atoms with van der Waals surface area (Å²) in [6.07, 6.45) is 3.13. The lowest BCUT2D eigenvalue weighted by Gasteiger charge is -2.18. The Balaban J connectivity index is 4.91. The molecule has 0 fully saturated rings. The highest BCUT2D eigenvalue weighted by atomic mass is 16.1. The zero-order valence-corrected chi connectivity index (χ0v) is 11.3. The molecule has 0 saturated carbocycles. The molecule has 2 atom stereocenters. The molecule has 104 valence electrons. The minimum Gasteiger partial charge on any atom is -0.211 e. The molecule has 0 aromatic rings. The van der Waals surface area contributed by atoms with Crippen molar-refractivity contribution in [3.8, 4) is 12.1 Å². The predicted octanol–water partition coefficient (Wildman–Crippen LogP) is 1.45. The highest BCUT2D eigenvalue weighted by molar-refractivity contribution is 5.33. The monoisotopic (exact) mass is 274 g/mol. The third-order valence-corrected chi connectivity index (χ3v) is 2.52. The molecule has 0 N–H and O–H groups in total. The second-order valence-electron chi connectivity index (χ2n) is 4.42. The van der Waals surface area contributed by atoms with Gasteiger partial charge in [0.2, 0.25) is 12.2 Å². The van der Waals surface area contributed by atoms with Gasteiger partial charge in [0.25, 0.3) is 0 Å². The first-order valence-electron chi connectivity index (χ1n) is 5.79. The summed E-state index contributed by atoms with van der Waals surface area (Å²) in [5.74, 6) is 0. The summed E-state index contributed by atoms with van der Waals surface area (Å²) < 4.78 is 0. The standard InChI is InChI=1S/C12H14N6O2/c1-11(7-13,3-5-15-9-19)17-18-12(2,8-14)4-6-16-10-20/h3-6H2,1-2H3/b18-17+. The van der Waals surface area contributed by atoms with Crippen LogP contribution in [0.1, 0.15) is 26.7 Å². The van der Waals surface area contributed by atoms with Gasteiger partial charge in [-0.3, -0.25) is 0 Å². The van der Waals surface area contributed by atoms with Gasteiger partial charge in [-0.1, -0.05) is 0 Å². The summed E-state index contributed by atoms with van der Waals surface area (Å²) in [6, 6.07) is 3.91. The van der Waals surface area contributed by atoms with E-state index in [2.05, 4.69) is 20.2 Å². The van der Waals surface area contributed by atoms with E-state index >= 15 is 0 Å². The Morgan fingerprint density at radius 3 is 1.45 bits per heavy atom. The van der Waals surface area contributed by atoms with Crippen molar-refractivity contribution in [2.24, 2.45) is 20.2 Å². The maximum Gasteiger partial charge on any atom is 0.234 e. The average Bonchev–Trinajstić information content (AvgIpc) is 2.46. The molecule has 0 aromatic carbocycles. The summed E-state index contributed by atoms with van der Waals surface area (Å²) >= 11 is 0. The zero-order valence-electron chi connectivity index (χ0n) is 11.3. The first kappa shape index (κ1) is 17.3. The van der Waals surface area contributed by atoms with E-state index in [1.54, 1.807) is 0 Å². The molecule has 0 aliphatic rings. The van der Waals surface area contributed by atoms with E-state index < -0.39 is 11.1 Å². The molecule has 0 aliphatic heterocycles. The summed E-state index contributed by atoms with van der Waals surface area (Å²) in [7, 11) is 0. The van der Waals surface area contributed by atoms with Gasteiger partial charge in [0.05, 0.1) is 25.2 Å². The van der Waals surface area contributed by atoms with Crippen LogP contribution >= 0.6 is 0 Å². The van der Waals surface area contributed by atoms with Gasteiger partial charge in [0.1, 0.15) is 0 Å². The molecule has 0 spiro atoms. The molecule has 20 heavy (non-hydrogen) atoms. The second-order valence-corrected chi connectivity index (χ2v) is 4.42. The maximum absolute atomic E-state index is 9.98. The lowest BCUT2D eigenvalue weighted by atomic mass is 10.00. The first-order valence-corrected chi connectivity index (χ1v) is 5.79. The highest BCUT2D eigenvalue weighted by Crippen LogP contribution is 2.21. The molecule has 0 radical (unpaired) electrons. The Morgan fingerprint density at radius 2 is 1.20 bits per heavy atom. The fourth-order valence-corrected chi connectivity index (χ4v) is 1.12. The second kappa shape index (κ2) is 8.44. The maximum atomic E-state index is 9.98. The Hall–Kier alpha value is -2.66. The van der Waals surface area contributed by atoms with Crippen molar-refractivity contribution in [3.05, 3.63) is 0 Å². The van der Waals surface area contributed by atoms with E-state index in [1.165, 1.54) is 26.0 Å². The van der Waals surface area contributed by atoms with Crippen molar-refractivity contribution < 1.29 is 9.59 Å². The number of isocyanates is 2. The van der Waals surface area contributed by atoms with Gasteiger partial charge < -0.3 is 0 Å². The zero-order chi connectivity index (χ0) is 15.5. The third kappa shape index (κ3) is 6.32. The lowest BCUT2D eigenvalue weighted by molar-refractivity contribution is 0.457. The third-order valence-electron chi connectivity index (χ3n) is 2.52. The minimum atomic E-state index is -1.17. The summed E-state index contributed by atoms with van der Waals surface area (Å²) in [5.41, 5.74) is -2.35. The van der Waals surface area contributed by atoms with Crippen LogP contribution in [0.5, 0.6) is 0 Å². The molecule has 8 nitrogen and oxygen atoms in total. The number of nitriles is 2. The van der Waals surface area contributed by atoms with Gasteiger partial charge in [-0.05, 0) is 13.8 Å². The first-order chi connectivity index (χ1) is 9.45. The van der Waals surface area contributed by atoms with Crippen LogP contribution in [0.2, 0.25) is 0 Å². The van der Waals surface area contributed by atoms with Crippen LogP contribution in [-0.2, 0) is 9.59 Å². The minimum absolute atomic E-state index is 0.102. The smallest absolute Gasteiger partial charge is 0.211 e. The number of carbonyl (C=O) groups excluding carboxylic acids is 2. The van der Waals surface area contributed by atoms with Crippen molar-refractivity contribution in [2.45, 2.75) is 37.8 Å². The number of azo groups is 1. The van der Waals surface area contributed by atoms with Gasteiger partial charge in [-0.2, -0.15) is 20.8 Å². The Kier molecular flexibility index (Phi) is 7.32. The van der Waals surface area contributed by atoms with Crippen LogP contribution in [-0.4, -0.2) is 36.3 Å². The number of hydrogen-bond donors (Lipinski definition) is 0. The van der Waals surface area contributed by atoms with E-state index in [4.69, 9.17) is 10.5 Å². The molecular formula is C12H14N6O2. The van der Waals surface area contributed by atoms with Crippen LogP contribution in [0, 0.1) is 22.7 Å². The van der Waals surface area contributed by atoms with E-state index in [9.17, 15) is 9.59 Å². The van der Waals surface area contributed by atoms with Gasteiger partial charge in [-0.15, -0.1) is 0 Å². The molecular weight excluding hydrogens is 260 g/mol. The molecule has 8 heteroatoms. The van der Waals surface area contributed by atoms with E-state index in [0.29, 0.717) is 0 Å². The normalized spacial score (nSPS) is 15.8. The topological polar surface area (TPSA) is 131 Å². The van der Waals surface area contributed by atoms with E-state index in [1.807, 2.05) is 12.1 Å². The molecule has 0 bridgehead atoms. The Morgan fingerprint density at radius 1 is 0.850 bits per heavy atom. The number of nitrogens with zero attached hydrogens (tertiary/aromatic N) is 6. The molecule has 0 rings (SSSR count). The largest absolute Gasteiger partial charge is 0.234 e. The molecule has 0 heterocycles. The number of aliphatic imine (C=N–C) groups is 2. The van der Waals surface area contributed by atoms with Crippen LogP contribution in [0.3, 0.4) is 0 Å². The van der Waals surface area contributed by atoms with Gasteiger partial charge >= 0.3 is 0 Å². The van der Waals surface area contributed by atoms with Gasteiger partial charge in [0, 0.05) is 12.8 Å². The number of hydrogen-bond acceptors (Lipinski definition) is 8. The molecule has 0 aliphatic carbocycles. The highest BCUT2D eigenvalue weighted by Gasteiger charge is 2.27. The molecule has 0 saturated heterocycles. The van der Waals surface area contributed by atoms with Gasteiger partial charge in [-0.25, -0.2) is 19.6 Å². The van der Waals surface area contributed by atoms with Crippen molar-refractivity contribution in [2.75, 3.05) is 13.1 Å². The van der Waals surface area contributed by atoms with E-state index in [0.717, 1.165) is 0 Å². The Bertz CT molecular complexity index is 485. The molecule has 2 unspecified atom stereocenters. The average molecular weight is 274 g/mol. The van der Waals surface area contributed by atoms with Crippen LogP contribution in [0.4, 0.5) is 0 Å². The van der Waals surface area contributed by atoms with Crippen molar-refractivity contribution in [1.29, 1.82) is 10.5 Å². The lowest BCUT2D eigenvalue weighted by Crippen LogP contribution is -2.25. The molecule has 0 amide bonds. The van der Waals surface area contributed by atoms with Crippen molar-refractivity contribution >= 4 is 12.2 Å². The van der Waals surface area contributed by atoms with Crippen molar-refractivity contribution in [1.82, 2.24) is 0 Å². The fraction of sp³-hybridized carbons (Fsp3) is 0.667. The predicted molar refractivity (Wildman–Crippen MR) is 68.1 cm³/mol. The SMILES string of the molecule is CC(C#N)(CCN=C=O)/N=N/C(C)(C#N)CCN=C=O. The van der Waals surface area contributed by atoms with Crippen LogP contribution < -0.4 is 0 Å². The van der Waals surface area contributed by atoms with Gasteiger partial charge in [0.15, 0.2) is 11.1 Å². The molecule has 0 aromatic heterocycles. The van der Waals surface area contributed by atoms with Crippen LogP contribution in [0.15, 0.2) is 20.2 Å². The van der Waals surface area contributed by atoms with Crippen LogP contribution in [0.25, 0.3) is 0 Å². The summed E-state index contributed by atoms with van der Waals surface area (Å²) in [6.45, 7) is 3.26.